The van der Waals surface area contributed by atoms with E-state index in [1.54, 1.807) is 16.2 Å². The van der Waals surface area contributed by atoms with Gasteiger partial charge in [-0.05, 0) is 62.9 Å². The van der Waals surface area contributed by atoms with Gasteiger partial charge in [0.15, 0.2) is 0 Å². The van der Waals surface area contributed by atoms with Gasteiger partial charge in [-0.15, -0.1) is 0 Å². The Bertz CT molecular complexity index is 453. The Hall–Kier alpha value is -1.07. The topological polar surface area (TPSA) is 41.6 Å². The molecule has 0 aliphatic carbocycles. The van der Waals surface area contributed by atoms with Crippen LogP contribution in [0.2, 0.25) is 0 Å². The first-order chi connectivity index (χ1) is 9.83. The molecule has 0 radical (unpaired) electrons. The van der Waals surface area contributed by atoms with E-state index in [-0.39, 0.29) is 6.09 Å². The number of likely N-dealkylation sites (tertiary alicyclic amines) is 1. The first-order valence-electron chi connectivity index (χ1n) is 7.58. The lowest BCUT2D eigenvalue weighted by molar-refractivity contribution is 0.0290. The van der Waals surface area contributed by atoms with E-state index in [0.717, 1.165) is 25.9 Å². The number of amides is 1. The summed E-state index contributed by atoms with van der Waals surface area (Å²) in [5, 5.41) is 7.93. The van der Waals surface area contributed by atoms with Gasteiger partial charge in [-0.3, -0.25) is 0 Å². The van der Waals surface area contributed by atoms with Crippen LogP contribution in [0.3, 0.4) is 0 Å². The van der Waals surface area contributed by atoms with Crippen LogP contribution in [0.1, 0.15) is 39.7 Å². The van der Waals surface area contributed by atoms with Crippen molar-refractivity contribution in [2.24, 2.45) is 0 Å². The molecule has 1 aliphatic heterocycles. The van der Waals surface area contributed by atoms with E-state index in [1.807, 2.05) is 20.8 Å². The summed E-state index contributed by atoms with van der Waals surface area (Å²) in [4.78, 5) is 13.8. The second-order valence-corrected chi connectivity index (χ2v) is 7.60. The number of nitrogens with zero attached hydrogens (tertiary/aromatic N) is 1. The van der Waals surface area contributed by atoms with Gasteiger partial charge >= 0.3 is 6.09 Å². The van der Waals surface area contributed by atoms with Crippen LogP contribution in [-0.2, 0) is 11.2 Å². The van der Waals surface area contributed by atoms with Crippen LogP contribution < -0.4 is 5.32 Å². The Morgan fingerprint density at radius 3 is 2.95 bits per heavy atom. The molecule has 118 valence electrons. The maximum Gasteiger partial charge on any atom is 0.410 e. The highest BCUT2D eigenvalue weighted by atomic mass is 32.1. The number of thiophene rings is 1. The number of nitrogens with one attached hydrogen (secondary N) is 1. The Kier molecular flexibility index (Phi) is 5.27. The Morgan fingerprint density at radius 2 is 2.33 bits per heavy atom. The molecule has 21 heavy (non-hydrogen) atoms. The van der Waals surface area contributed by atoms with Gasteiger partial charge in [0.05, 0.1) is 0 Å². The highest BCUT2D eigenvalue weighted by Gasteiger charge is 2.30. The minimum Gasteiger partial charge on any atom is -0.444 e. The van der Waals surface area contributed by atoms with Crippen LogP contribution in [0.15, 0.2) is 16.8 Å². The van der Waals surface area contributed by atoms with Crippen molar-refractivity contribution in [2.45, 2.75) is 58.2 Å². The zero-order chi connectivity index (χ0) is 15.5. The van der Waals surface area contributed by atoms with Crippen molar-refractivity contribution in [2.75, 3.05) is 13.1 Å². The van der Waals surface area contributed by atoms with Gasteiger partial charge in [0, 0.05) is 25.2 Å². The molecule has 2 heterocycles. The van der Waals surface area contributed by atoms with Crippen LogP contribution in [0.25, 0.3) is 0 Å². The maximum atomic E-state index is 12.0. The first kappa shape index (κ1) is 16.3. The van der Waals surface area contributed by atoms with E-state index in [4.69, 9.17) is 4.74 Å². The molecule has 5 heteroatoms. The quantitative estimate of drug-likeness (QED) is 0.928. The molecular formula is C16H26N2O2S. The highest BCUT2D eigenvalue weighted by Crippen LogP contribution is 2.16. The predicted molar refractivity (Wildman–Crippen MR) is 86.8 cm³/mol. The molecule has 1 saturated heterocycles. The molecule has 4 nitrogen and oxygen atoms in total. The summed E-state index contributed by atoms with van der Waals surface area (Å²) in [7, 11) is 0. The van der Waals surface area contributed by atoms with Crippen LogP contribution in [0.4, 0.5) is 4.79 Å². The monoisotopic (exact) mass is 310 g/mol. The third-order valence-electron chi connectivity index (χ3n) is 3.48. The fraction of sp³-hybridized carbons (Fsp3) is 0.688. The largest absolute Gasteiger partial charge is 0.444 e. The van der Waals surface area contributed by atoms with Crippen molar-refractivity contribution >= 4 is 17.4 Å². The number of carbonyl (C=O) groups excluding carboxylic acids is 1. The van der Waals surface area contributed by atoms with Gasteiger partial charge in [0.2, 0.25) is 0 Å². The van der Waals surface area contributed by atoms with Crippen molar-refractivity contribution in [3.63, 3.8) is 0 Å². The normalized spacial score (nSPS) is 20.6. The fourth-order valence-corrected chi connectivity index (χ4v) is 3.29. The molecule has 2 unspecified atom stereocenters. The summed E-state index contributed by atoms with van der Waals surface area (Å²) in [6.45, 7) is 9.42. The van der Waals surface area contributed by atoms with Gasteiger partial charge in [-0.2, -0.15) is 11.3 Å². The van der Waals surface area contributed by atoms with Gasteiger partial charge in [0.25, 0.3) is 0 Å². The summed E-state index contributed by atoms with van der Waals surface area (Å²) < 4.78 is 5.42. The van der Waals surface area contributed by atoms with Crippen molar-refractivity contribution in [3.8, 4) is 0 Å². The van der Waals surface area contributed by atoms with Crippen molar-refractivity contribution in [1.29, 1.82) is 0 Å². The smallest absolute Gasteiger partial charge is 0.410 e. The van der Waals surface area contributed by atoms with Crippen LogP contribution >= 0.6 is 11.3 Å². The van der Waals surface area contributed by atoms with Gasteiger partial charge < -0.3 is 15.0 Å². The molecule has 1 aromatic rings. The lowest BCUT2D eigenvalue weighted by Gasteiger charge is -2.25. The van der Waals surface area contributed by atoms with Gasteiger partial charge in [-0.1, -0.05) is 0 Å². The molecule has 0 saturated carbocycles. The van der Waals surface area contributed by atoms with E-state index in [2.05, 4.69) is 29.1 Å². The van der Waals surface area contributed by atoms with Crippen LogP contribution in [-0.4, -0.2) is 41.8 Å². The molecule has 1 N–H and O–H groups in total. The Balaban J connectivity index is 1.76. The number of carbonyl (C=O) groups is 1. The third-order valence-corrected chi connectivity index (χ3v) is 4.21. The molecular weight excluding hydrogens is 284 g/mol. The SMILES string of the molecule is CC(Cc1ccsc1)NC1CCN(C(=O)OC(C)(C)C)C1. The number of hydrogen-bond donors (Lipinski definition) is 1. The molecule has 2 atom stereocenters. The predicted octanol–water partition coefficient (Wildman–Crippen LogP) is 3.28. The second kappa shape index (κ2) is 6.79. The average molecular weight is 310 g/mol. The number of rotatable bonds is 4. The zero-order valence-electron chi connectivity index (χ0n) is 13.4. The van der Waals surface area contributed by atoms with Crippen LogP contribution in [0.5, 0.6) is 0 Å². The molecule has 0 spiro atoms. The van der Waals surface area contributed by atoms with E-state index in [1.165, 1.54) is 5.56 Å². The summed E-state index contributed by atoms with van der Waals surface area (Å²) in [6, 6.07) is 2.96. The zero-order valence-corrected chi connectivity index (χ0v) is 14.2. The highest BCUT2D eigenvalue weighted by molar-refractivity contribution is 7.07. The van der Waals surface area contributed by atoms with Crippen molar-refractivity contribution in [3.05, 3.63) is 22.4 Å². The molecule has 1 aromatic heterocycles. The molecule has 0 aromatic carbocycles. The van der Waals surface area contributed by atoms with E-state index < -0.39 is 5.60 Å². The summed E-state index contributed by atoms with van der Waals surface area (Å²) in [6.07, 6.45) is 1.83. The number of ether oxygens (including phenoxy) is 1. The Morgan fingerprint density at radius 1 is 1.57 bits per heavy atom. The minimum atomic E-state index is -0.422. The van der Waals surface area contributed by atoms with E-state index in [9.17, 15) is 4.79 Å². The van der Waals surface area contributed by atoms with Gasteiger partial charge in [-0.25, -0.2) is 4.79 Å². The summed E-state index contributed by atoms with van der Waals surface area (Å²) >= 11 is 1.74. The van der Waals surface area contributed by atoms with E-state index in [0.29, 0.717) is 12.1 Å². The average Bonchev–Trinajstić information content (AvgIpc) is 2.98. The second-order valence-electron chi connectivity index (χ2n) is 6.82. The molecule has 0 bridgehead atoms. The fourth-order valence-electron chi connectivity index (χ4n) is 2.61. The lowest BCUT2D eigenvalue weighted by atomic mass is 10.1. The number of hydrogen-bond acceptors (Lipinski definition) is 4. The molecule has 1 amide bonds. The van der Waals surface area contributed by atoms with Crippen LogP contribution in [0, 0.1) is 0 Å². The molecule has 2 rings (SSSR count). The first-order valence-corrected chi connectivity index (χ1v) is 8.53. The van der Waals surface area contributed by atoms with Gasteiger partial charge in [0.1, 0.15) is 5.60 Å². The Labute approximate surface area is 131 Å². The molecule has 1 aliphatic rings. The maximum absolute atomic E-state index is 12.0. The lowest BCUT2D eigenvalue weighted by Crippen LogP contribution is -2.41. The molecule has 1 fully saturated rings. The third kappa shape index (κ3) is 5.32. The summed E-state index contributed by atoms with van der Waals surface area (Å²) in [5.74, 6) is 0. The van der Waals surface area contributed by atoms with Crippen molar-refractivity contribution in [1.82, 2.24) is 10.2 Å². The standard InChI is InChI=1S/C16H26N2O2S/c1-12(9-13-6-8-21-11-13)17-14-5-7-18(10-14)15(19)20-16(2,3)4/h6,8,11-12,14,17H,5,7,9-10H2,1-4H3. The van der Waals surface area contributed by atoms with E-state index >= 15 is 0 Å². The minimum absolute atomic E-state index is 0.197. The van der Waals surface area contributed by atoms with Crippen molar-refractivity contribution < 1.29 is 9.53 Å². The summed E-state index contributed by atoms with van der Waals surface area (Å²) in [5.41, 5.74) is 0.955.